The molecule has 2 saturated heterocycles. The summed E-state index contributed by atoms with van der Waals surface area (Å²) in [6.45, 7) is 7.64. The number of alkyl halides is 3. The number of nitrogens with one attached hydrogen (secondary N) is 2. The Morgan fingerprint density at radius 1 is 1.08 bits per heavy atom. The van der Waals surface area contributed by atoms with E-state index in [0.717, 1.165) is 62.7 Å². The summed E-state index contributed by atoms with van der Waals surface area (Å²) in [5.74, 6) is 0.319. The molecule has 2 N–H and O–H groups in total. The summed E-state index contributed by atoms with van der Waals surface area (Å²) in [5, 5.41) is 6.03. The zero-order valence-corrected chi connectivity index (χ0v) is 27.4. The van der Waals surface area contributed by atoms with Gasteiger partial charge in [-0.05, 0) is 44.2 Å². The summed E-state index contributed by atoms with van der Waals surface area (Å²) in [5.41, 5.74) is 2.04. The molecule has 2 fully saturated rings. The van der Waals surface area contributed by atoms with Gasteiger partial charge in [0, 0.05) is 69.3 Å². The van der Waals surface area contributed by atoms with Gasteiger partial charge < -0.3 is 30.1 Å². The monoisotopic (exact) mass is 680 g/mol. The number of piperidine rings is 1. The van der Waals surface area contributed by atoms with Gasteiger partial charge in [-0.3, -0.25) is 9.69 Å². The van der Waals surface area contributed by atoms with Crippen molar-refractivity contribution < 1.29 is 27.5 Å². The maximum Gasteiger partial charge on any atom is 0.406 e. The molecule has 1 aromatic carbocycles. The Hall–Kier alpha value is -4.96. The highest BCUT2D eigenvalue weighted by atomic mass is 19.4. The SMILES string of the molecule is C=CC(=O)Nc1cc(Nc2ncc3c(n2)N(c2ccccn2)C(=O)N(CC(F)(F)F)C3)c(OC)cc1N1CCC(N2CCN(C)CC2)CC1. The van der Waals surface area contributed by atoms with E-state index in [9.17, 15) is 22.8 Å². The Morgan fingerprint density at radius 3 is 2.49 bits per heavy atom. The van der Waals surface area contributed by atoms with Gasteiger partial charge in [0.15, 0.2) is 5.82 Å². The standard InChI is InChI=1S/C33H39F3N10O3/c1-4-29(47)39-24-17-25(27(49-3)18-26(24)44-11-8-23(9-12-44)43-15-13-42(2)14-16-43)40-31-38-19-22-20-45(21-33(34,35)36)32(48)46(30(22)41-31)28-7-5-6-10-37-28/h4-7,10,17-19,23H,1,8-9,11-16,20-21H2,2-3H3,(H,39,47)(H,38,40,41). The van der Waals surface area contributed by atoms with Crippen molar-refractivity contribution in [2.75, 3.05) is 80.4 Å². The van der Waals surface area contributed by atoms with E-state index in [2.05, 4.69) is 53.9 Å². The molecule has 16 heteroatoms. The van der Waals surface area contributed by atoms with E-state index in [4.69, 9.17) is 4.74 Å². The number of piperazine rings is 1. The Bertz CT molecular complexity index is 1680. The first-order valence-electron chi connectivity index (χ1n) is 16.1. The van der Waals surface area contributed by atoms with E-state index < -0.39 is 18.8 Å². The van der Waals surface area contributed by atoms with E-state index in [1.165, 1.54) is 31.6 Å². The third-order valence-electron chi connectivity index (χ3n) is 8.99. The van der Waals surface area contributed by atoms with E-state index in [0.29, 0.717) is 33.6 Å². The fourth-order valence-corrected chi connectivity index (χ4v) is 6.46. The summed E-state index contributed by atoms with van der Waals surface area (Å²) < 4.78 is 45.9. The molecular formula is C33H39F3N10O3. The molecule has 0 unspecified atom stereocenters. The summed E-state index contributed by atoms with van der Waals surface area (Å²) in [4.78, 5) is 47.9. The lowest BCUT2D eigenvalue weighted by atomic mass is 10.0. The number of hydrogen-bond donors (Lipinski definition) is 2. The molecule has 49 heavy (non-hydrogen) atoms. The summed E-state index contributed by atoms with van der Waals surface area (Å²) in [7, 11) is 3.67. The Morgan fingerprint density at radius 2 is 1.84 bits per heavy atom. The molecule has 3 aliphatic rings. The fraction of sp³-hybridized carbons (Fsp3) is 0.424. The molecule has 0 atom stereocenters. The summed E-state index contributed by atoms with van der Waals surface area (Å²) in [6, 6.07) is 7.91. The number of urea groups is 1. The first-order chi connectivity index (χ1) is 23.5. The molecule has 6 rings (SSSR count). The van der Waals surface area contributed by atoms with Gasteiger partial charge in [0.05, 0.1) is 30.7 Å². The lowest BCUT2D eigenvalue weighted by Crippen LogP contribution is -2.52. The summed E-state index contributed by atoms with van der Waals surface area (Å²) in [6.07, 6.45) is 1.37. The van der Waals surface area contributed by atoms with Crippen LogP contribution < -0.4 is 25.2 Å². The fourth-order valence-electron chi connectivity index (χ4n) is 6.46. The minimum Gasteiger partial charge on any atom is -0.494 e. The second-order valence-corrected chi connectivity index (χ2v) is 12.3. The molecule has 3 aromatic rings. The van der Waals surface area contributed by atoms with Crippen molar-refractivity contribution >= 4 is 46.6 Å². The van der Waals surface area contributed by atoms with Gasteiger partial charge in [-0.2, -0.15) is 18.2 Å². The number of carbonyl (C=O) groups excluding carboxylic acids is 2. The first kappa shape index (κ1) is 33.9. The van der Waals surface area contributed by atoms with Crippen molar-refractivity contribution in [2.24, 2.45) is 0 Å². The van der Waals surface area contributed by atoms with Crippen molar-refractivity contribution in [1.29, 1.82) is 0 Å². The molecule has 0 saturated carbocycles. The van der Waals surface area contributed by atoms with E-state index in [1.807, 2.05) is 6.07 Å². The largest absolute Gasteiger partial charge is 0.494 e. The number of carbonyl (C=O) groups is 2. The number of hydrogen-bond acceptors (Lipinski definition) is 10. The van der Waals surface area contributed by atoms with Crippen LogP contribution in [0.4, 0.5) is 52.6 Å². The van der Waals surface area contributed by atoms with Crippen molar-refractivity contribution in [3.63, 3.8) is 0 Å². The molecule has 5 heterocycles. The Balaban J connectivity index is 1.29. The number of benzene rings is 1. The van der Waals surface area contributed by atoms with E-state index >= 15 is 0 Å². The number of likely N-dealkylation sites (N-methyl/N-ethyl adjacent to an activating group) is 1. The van der Waals surface area contributed by atoms with Gasteiger partial charge in [-0.25, -0.2) is 19.7 Å². The van der Waals surface area contributed by atoms with Crippen LogP contribution in [0.15, 0.2) is 55.4 Å². The topological polar surface area (TPSA) is 122 Å². The van der Waals surface area contributed by atoms with Crippen LogP contribution >= 0.6 is 0 Å². The second-order valence-electron chi connectivity index (χ2n) is 12.3. The molecule has 13 nitrogen and oxygen atoms in total. The van der Waals surface area contributed by atoms with Crippen LogP contribution in [-0.2, 0) is 11.3 Å². The van der Waals surface area contributed by atoms with Crippen LogP contribution in [0.5, 0.6) is 5.75 Å². The normalized spacial score (nSPS) is 17.9. The van der Waals surface area contributed by atoms with Gasteiger partial charge in [-0.15, -0.1) is 0 Å². The smallest absolute Gasteiger partial charge is 0.406 e. The average molecular weight is 681 g/mol. The molecule has 260 valence electrons. The number of fused-ring (bicyclic) bond motifs is 1. The number of halogens is 3. The van der Waals surface area contributed by atoms with Crippen LogP contribution in [0.3, 0.4) is 0 Å². The molecular weight excluding hydrogens is 641 g/mol. The van der Waals surface area contributed by atoms with Crippen LogP contribution in [0, 0.1) is 0 Å². The van der Waals surface area contributed by atoms with E-state index in [-0.39, 0.29) is 30.0 Å². The highest BCUT2D eigenvalue weighted by Crippen LogP contribution is 2.40. The Kier molecular flexibility index (Phi) is 9.87. The van der Waals surface area contributed by atoms with Crippen molar-refractivity contribution in [1.82, 2.24) is 29.7 Å². The molecule has 3 aliphatic heterocycles. The van der Waals surface area contributed by atoms with Gasteiger partial charge in [0.25, 0.3) is 0 Å². The number of methoxy groups -OCH3 is 1. The highest BCUT2D eigenvalue weighted by molar-refractivity contribution is 6.02. The van der Waals surface area contributed by atoms with Crippen LogP contribution in [0.2, 0.25) is 0 Å². The molecule has 2 aromatic heterocycles. The van der Waals surface area contributed by atoms with E-state index in [1.54, 1.807) is 18.2 Å². The zero-order chi connectivity index (χ0) is 34.7. The van der Waals surface area contributed by atoms with Crippen LogP contribution in [0.1, 0.15) is 18.4 Å². The van der Waals surface area contributed by atoms with Gasteiger partial charge in [0.2, 0.25) is 11.9 Å². The van der Waals surface area contributed by atoms with Crippen LogP contribution in [-0.4, -0.2) is 114 Å². The average Bonchev–Trinajstić information content (AvgIpc) is 3.09. The Labute approximate surface area is 282 Å². The maximum absolute atomic E-state index is 13.4. The molecule has 0 aliphatic carbocycles. The minimum atomic E-state index is -4.60. The minimum absolute atomic E-state index is 0.0526. The third-order valence-corrected chi connectivity index (χ3v) is 8.99. The predicted octanol–water partition coefficient (Wildman–Crippen LogP) is 4.60. The third kappa shape index (κ3) is 7.70. The van der Waals surface area contributed by atoms with Crippen molar-refractivity contribution in [3.8, 4) is 5.75 Å². The number of ether oxygens (including phenoxy) is 1. The number of aromatic nitrogens is 3. The lowest BCUT2D eigenvalue weighted by molar-refractivity contribution is -0.140. The zero-order valence-electron chi connectivity index (χ0n) is 27.4. The maximum atomic E-state index is 13.4. The van der Waals surface area contributed by atoms with Gasteiger partial charge in [0.1, 0.15) is 18.1 Å². The molecule has 0 radical (unpaired) electrons. The first-order valence-corrected chi connectivity index (χ1v) is 16.1. The predicted molar refractivity (Wildman–Crippen MR) is 180 cm³/mol. The van der Waals surface area contributed by atoms with Crippen molar-refractivity contribution in [2.45, 2.75) is 31.6 Å². The highest BCUT2D eigenvalue weighted by Gasteiger charge is 2.40. The number of amides is 3. The van der Waals surface area contributed by atoms with Gasteiger partial charge in [-0.1, -0.05) is 12.6 Å². The molecule has 3 amide bonds. The van der Waals surface area contributed by atoms with Crippen LogP contribution in [0.25, 0.3) is 0 Å². The molecule has 0 spiro atoms. The lowest BCUT2D eigenvalue weighted by Gasteiger charge is -2.43. The summed E-state index contributed by atoms with van der Waals surface area (Å²) >= 11 is 0. The van der Waals surface area contributed by atoms with Crippen molar-refractivity contribution in [3.05, 3.63) is 60.9 Å². The number of rotatable bonds is 9. The number of nitrogens with zero attached hydrogens (tertiary/aromatic N) is 8. The number of anilines is 6. The molecule has 0 bridgehead atoms. The van der Waals surface area contributed by atoms with Gasteiger partial charge >= 0.3 is 12.2 Å². The number of pyridine rings is 1. The quantitative estimate of drug-likeness (QED) is 0.310. The second kappa shape index (κ2) is 14.3.